The SMILES string of the molecule is Clc1ccc(CNc2nc(C3CCCCC3)nc3sc4c(c23)CCCC4)cc1Cl.O=C(O)O. The Morgan fingerprint density at radius 2 is 1.76 bits per heavy atom. The first-order valence-corrected chi connectivity index (χ1v) is 12.9. The van der Waals surface area contributed by atoms with Crippen LogP contribution in [0.3, 0.4) is 0 Å². The van der Waals surface area contributed by atoms with E-state index in [2.05, 4.69) is 5.32 Å². The van der Waals surface area contributed by atoms with Crippen LogP contribution in [-0.2, 0) is 19.4 Å². The molecule has 9 heteroatoms. The van der Waals surface area contributed by atoms with Gasteiger partial charge in [-0.05, 0) is 61.8 Å². The van der Waals surface area contributed by atoms with Gasteiger partial charge in [0.05, 0.1) is 15.4 Å². The summed E-state index contributed by atoms with van der Waals surface area (Å²) in [6.07, 6.45) is 9.38. The molecule has 2 aliphatic carbocycles. The van der Waals surface area contributed by atoms with Crippen LogP contribution in [0.4, 0.5) is 10.6 Å². The van der Waals surface area contributed by atoms with Gasteiger partial charge in [-0.15, -0.1) is 11.3 Å². The average Bonchev–Trinajstić information content (AvgIpc) is 3.18. The Labute approximate surface area is 207 Å². The number of carboxylic acid groups (broad SMARTS) is 2. The normalized spacial score (nSPS) is 16.1. The summed E-state index contributed by atoms with van der Waals surface area (Å²) in [5, 5.41) is 20.0. The first-order valence-electron chi connectivity index (χ1n) is 11.3. The molecule has 3 N–H and O–H groups in total. The Morgan fingerprint density at radius 1 is 1.03 bits per heavy atom. The molecule has 2 aliphatic rings. The van der Waals surface area contributed by atoms with Crippen LogP contribution in [0.15, 0.2) is 18.2 Å². The molecule has 33 heavy (non-hydrogen) atoms. The summed E-state index contributed by atoms with van der Waals surface area (Å²) >= 11 is 14.2. The quantitative estimate of drug-likeness (QED) is 0.333. The Morgan fingerprint density at radius 3 is 2.48 bits per heavy atom. The van der Waals surface area contributed by atoms with Gasteiger partial charge in [0.1, 0.15) is 16.5 Å². The van der Waals surface area contributed by atoms with Crippen LogP contribution in [0.5, 0.6) is 0 Å². The van der Waals surface area contributed by atoms with E-state index in [0.29, 0.717) is 22.5 Å². The number of benzene rings is 1. The second-order valence-corrected chi connectivity index (χ2v) is 10.4. The van der Waals surface area contributed by atoms with Gasteiger partial charge in [0.2, 0.25) is 0 Å². The molecule has 1 aromatic carbocycles. The maximum absolute atomic E-state index is 8.56. The number of anilines is 1. The molecule has 0 bridgehead atoms. The van der Waals surface area contributed by atoms with Crippen LogP contribution in [0, 0.1) is 0 Å². The highest BCUT2D eigenvalue weighted by Crippen LogP contribution is 2.41. The molecule has 0 aliphatic heterocycles. The number of rotatable bonds is 4. The monoisotopic (exact) mass is 507 g/mol. The van der Waals surface area contributed by atoms with E-state index in [0.717, 1.165) is 23.6 Å². The lowest BCUT2D eigenvalue weighted by molar-refractivity contribution is 0.137. The Hall–Kier alpha value is -2.09. The first-order chi connectivity index (χ1) is 15.9. The molecular formula is C24H27Cl2N3O3S. The molecule has 0 atom stereocenters. The summed E-state index contributed by atoms with van der Waals surface area (Å²) < 4.78 is 0. The van der Waals surface area contributed by atoms with E-state index in [1.54, 1.807) is 0 Å². The van der Waals surface area contributed by atoms with Crippen molar-refractivity contribution in [3.05, 3.63) is 50.1 Å². The number of carbonyl (C=O) groups is 1. The van der Waals surface area contributed by atoms with Crippen molar-refractivity contribution < 1.29 is 15.0 Å². The molecule has 0 unspecified atom stereocenters. The van der Waals surface area contributed by atoms with Gasteiger partial charge < -0.3 is 15.5 Å². The molecule has 5 rings (SSSR count). The number of hydrogen-bond acceptors (Lipinski definition) is 5. The van der Waals surface area contributed by atoms with Crippen molar-refractivity contribution in [3.63, 3.8) is 0 Å². The molecule has 176 valence electrons. The zero-order valence-corrected chi connectivity index (χ0v) is 20.6. The van der Waals surface area contributed by atoms with E-state index >= 15 is 0 Å². The highest BCUT2D eigenvalue weighted by atomic mass is 35.5. The Bertz CT molecular complexity index is 1140. The minimum Gasteiger partial charge on any atom is -0.450 e. The van der Waals surface area contributed by atoms with Crippen molar-refractivity contribution >= 4 is 56.7 Å². The van der Waals surface area contributed by atoms with E-state index in [-0.39, 0.29) is 0 Å². The number of aryl methyl sites for hydroxylation is 2. The van der Waals surface area contributed by atoms with Gasteiger partial charge in [-0.25, -0.2) is 14.8 Å². The highest BCUT2D eigenvalue weighted by molar-refractivity contribution is 7.19. The van der Waals surface area contributed by atoms with Crippen LogP contribution in [-0.4, -0.2) is 26.3 Å². The van der Waals surface area contributed by atoms with Gasteiger partial charge in [0.25, 0.3) is 0 Å². The van der Waals surface area contributed by atoms with Crippen LogP contribution < -0.4 is 5.32 Å². The van der Waals surface area contributed by atoms with Crippen molar-refractivity contribution in [2.75, 3.05) is 5.32 Å². The van der Waals surface area contributed by atoms with Gasteiger partial charge in [-0.1, -0.05) is 48.5 Å². The van der Waals surface area contributed by atoms with Gasteiger partial charge in [0, 0.05) is 17.3 Å². The van der Waals surface area contributed by atoms with E-state index in [1.807, 2.05) is 29.5 Å². The summed E-state index contributed by atoms with van der Waals surface area (Å²) in [6.45, 7) is 0.678. The summed E-state index contributed by atoms with van der Waals surface area (Å²) in [4.78, 5) is 21.4. The lowest BCUT2D eigenvalue weighted by Gasteiger charge is -2.21. The maximum atomic E-state index is 8.56. The van der Waals surface area contributed by atoms with Crippen LogP contribution in [0.1, 0.15) is 72.7 Å². The summed E-state index contributed by atoms with van der Waals surface area (Å²) in [6, 6.07) is 5.81. The summed E-state index contributed by atoms with van der Waals surface area (Å²) in [5.74, 6) is 2.53. The molecule has 0 spiro atoms. The van der Waals surface area contributed by atoms with Crippen molar-refractivity contribution in [2.24, 2.45) is 0 Å². The van der Waals surface area contributed by atoms with Crippen molar-refractivity contribution in [2.45, 2.75) is 70.3 Å². The lowest BCUT2D eigenvalue weighted by Crippen LogP contribution is -2.11. The Balaban J connectivity index is 0.000000601. The molecule has 2 heterocycles. The molecule has 0 radical (unpaired) electrons. The van der Waals surface area contributed by atoms with Gasteiger partial charge in [-0.2, -0.15) is 0 Å². The molecule has 6 nitrogen and oxygen atoms in total. The van der Waals surface area contributed by atoms with Gasteiger partial charge in [-0.3, -0.25) is 0 Å². The molecule has 0 saturated heterocycles. The van der Waals surface area contributed by atoms with Gasteiger partial charge >= 0.3 is 6.16 Å². The van der Waals surface area contributed by atoms with Crippen LogP contribution >= 0.6 is 34.5 Å². The number of aromatic nitrogens is 2. The fourth-order valence-corrected chi connectivity index (χ4v) is 6.27. The van der Waals surface area contributed by atoms with E-state index in [4.69, 9.17) is 48.2 Å². The average molecular weight is 508 g/mol. The second kappa shape index (κ2) is 10.9. The number of nitrogens with zero attached hydrogens (tertiary/aromatic N) is 2. The molecule has 1 fully saturated rings. The minimum atomic E-state index is -1.83. The van der Waals surface area contributed by atoms with E-state index < -0.39 is 6.16 Å². The molecule has 0 amide bonds. The third-order valence-corrected chi connectivity index (χ3v) is 8.17. The third-order valence-electron chi connectivity index (χ3n) is 6.25. The number of thiophene rings is 1. The number of hydrogen-bond donors (Lipinski definition) is 3. The van der Waals surface area contributed by atoms with Crippen LogP contribution in [0.2, 0.25) is 10.0 Å². The largest absolute Gasteiger partial charge is 0.503 e. The second-order valence-electron chi connectivity index (χ2n) is 8.54. The summed E-state index contributed by atoms with van der Waals surface area (Å²) in [7, 11) is 0. The van der Waals surface area contributed by atoms with Crippen molar-refractivity contribution in [3.8, 4) is 0 Å². The number of halogens is 2. The Kier molecular flexibility index (Phi) is 7.94. The maximum Gasteiger partial charge on any atom is 0.503 e. The smallest absolute Gasteiger partial charge is 0.450 e. The van der Waals surface area contributed by atoms with E-state index in [1.165, 1.54) is 72.0 Å². The van der Waals surface area contributed by atoms with E-state index in [9.17, 15) is 0 Å². The number of fused-ring (bicyclic) bond motifs is 3. The van der Waals surface area contributed by atoms with Crippen molar-refractivity contribution in [1.29, 1.82) is 0 Å². The minimum absolute atomic E-state index is 0.498. The fraction of sp³-hybridized carbons (Fsp3) is 0.458. The molecular weight excluding hydrogens is 481 g/mol. The molecule has 3 aromatic rings. The van der Waals surface area contributed by atoms with Crippen LogP contribution in [0.25, 0.3) is 10.2 Å². The molecule has 1 saturated carbocycles. The van der Waals surface area contributed by atoms with Gasteiger partial charge in [0.15, 0.2) is 0 Å². The first kappa shape index (κ1) is 24.0. The lowest BCUT2D eigenvalue weighted by atomic mass is 9.88. The highest BCUT2D eigenvalue weighted by Gasteiger charge is 2.24. The third kappa shape index (κ3) is 5.89. The topological polar surface area (TPSA) is 95.3 Å². The van der Waals surface area contributed by atoms with Crippen molar-refractivity contribution in [1.82, 2.24) is 9.97 Å². The zero-order valence-electron chi connectivity index (χ0n) is 18.2. The predicted molar refractivity (Wildman–Crippen MR) is 134 cm³/mol. The zero-order chi connectivity index (χ0) is 23.4. The standard InChI is InChI=1S/C23H25Cl2N3S.CH2O3/c24-17-11-10-14(12-18(17)25)13-26-22-20-16-8-4-5-9-19(16)29-23(20)28-21(27-22)15-6-2-1-3-7-15;2-1(3)4/h10-12,15H,1-9,13H2,(H,26,27,28);(H2,2,3,4). The summed E-state index contributed by atoms with van der Waals surface area (Å²) in [5.41, 5.74) is 2.58. The predicted octanol–water partition coefficient (Wildman–Crippen LogP) is 7.76. The molecule has 2 aromatic heterocycles. The number of nitrogens with one attached hydrogen (secondary N) is 1. The fourth-order valence-electron chi connectivity index (χ4n) is 4.68.